The molecule has 2 amide bonds. The third kappa shape index (κ3) is 4.77. The molecule has 0 aliphatic carbocycles. The molecule has 4 rings (SSSR count). The summed E-state index contributed by atoms with van der Waals surface area (Å²) < 4.78 is 0. The molecule has 2 aromatic rings. The molecule has 2 heterocycles. The van der Waals surface area contributed by atoms with Gasteiger partial charge in [-0.2, -0.15) is 0 Å². The Balaban J connectivity index is 1.20. The zero-order chi connectivity index (χ0) is 20.1. The average Bonchev–Trinajstić information content (AvgIpc) is 3.21. The number of benzene rings is 2. The highest BCUT2D eigenvalue weighted by Gasteiger charge is 2.22. The van der Waals surface area contributed by atoms with Crippen molar-refractivity contribution in [3.63, 3.8) is 0 Å². The SMILES string of the molecule is O=C(NCCN1CCN(c2ccccc2)CC1)c1ccc(N2CCCC2=O)cc1. The molecule has 0 atom stereocenters. The number of hydrogen-bond acceptors (Lipinski definition) is 4. The van der Waals surface area contributed by atoms with Crippen LogP contribution in [-0.2, 0) is 4.79 Å². The molecule has 0 aromatic heterocycles. The molecule has 29 heavy (non-hydrogen) atoms. The Morgan fingerprint density at radius 2 is 1.59 bits per heavy atom. The Morgan fingerprint density at radius 3 is 2.24 bits per heavy atom. The molecule has 2 saturated heterocycles. The van der Waals surface area contributed by atoms with Gasteiger partial charge in [-0.05, 0) is 42.8 Å². The lowest BCUT2D eigenvalue weighted by Gasteiger charge is -2.36. The first-order chi connectivity index (χ1) is 14.2. The van der Waals surface area contributed by atoms with Gasteiger partial charge in [-0.15, -0.1) is 0 Å². The Bertz CT molecular complexity index is 830. The number of carbonyl (C=O) groups is 2. The molecule has 0 radical (unpaired) electrons. The van der Waals surface area contributed by atoms with E-state index in [9.17, 15) is 9.59 Å². The van der Waals surface area contributed by atoms with Crippen molar-refractivity contribution in [2.24, 2.45) is 0 Å². The maximum atomic E-state index is 12.4. The van der Waals surface area contributed by atoms with Crippen LogP contribution in [0.4, 0.5) is 11.4 Å². The largest absolute Gasteiger partial charge is 0.369 e. The van der Waals surface area contributed by atoms with Crippen molar-refractivity contribution in [1.29, 1.82) is 0 Å². The topological polar surface area (TPSA) is 55.9 Å². The van der Waals surface area contributed by atoms with Crippen molar-refractivity contribution in [3.05, 3.63) is 60.2 Å². The lowest BCUT2D eigenvalue weighted by Crippen LogP contribution is -2.48. The number of para-hydroxylation sites is 1. The number of nitrogens with zero attached hydrogens (tertiary/aromatic N) is 3. The van der Waals surface area contributed by atoms with Crippen LogP contribution in [-0.4, -0.2) is 62.5 Å². The minimum atomic E-state index is -0.0628. The maximum Gasteiger partial charge on any atom is 0.251 e. The first-order valence-electron chi connectivity index (χ1n) is 10.4. The molecule has 6 nitrogen and oxygen atoms in total. The summed E-state index contributed by atoms with van der Waals surface area (Å²) in [6.45, 7) is 6.28. The van der Waals surface area contributed by atoms with Gasteiger partial charge in [0.05, 0.1) is 0 Å². The van der Waals surface area contributed by atoms with Crippen molar-refractivity contribution in [3.8, 4) is 0 Å². The predicted molar refractivity (Wildman–Crippen MR) is 115 cm³/mol. The van der Waals surface area contributed by atoms with Gasteiger partial charge < -0.3 is 15.1 Å². The van der Waals surface area contributed by atoms with Gasteiger partial charge in [-0.1, -0.05) is 18.2 Å². The Labute approximate surface area is 172 Å². The first-order valence-corrected chi connectivity index (χ1v) is 10.4. The third-order valence-corrected chi connectivity index (χ3v) is 5.72. The fourth-order valence-electron chi connectivity index (χ4n) is 4.01. The highest BCUT2D eigenvalue weighted by atomic mass is 16.2. The van der Waals surface area contributed by atoms with Gasteiger partial charge in [0.15, 0.2) is 0 Å². The summed E-state index contributed by atoms with van der Waals surface area (Å²) in [5, 5.41) is 3.01. The summed E-state index contributed by atoms with van der Waals surface area (Å²) in [6.07, 6.45) is 1.52. The van der Waals surface area contributed by atoms with Crippen molar-refractivity contribution in [2.45, 2.75) is 12.8 Å². The van der Waals surface area contributed by atoms with Crippen LogP contribution in [0.3, 0.4) is 0 Å². The van der Waals surface area contributed by atoms with Gasteiger partial charge >= 0.3 is 0 Å². The van der Waals surface area contributed by atoms with E-state index in [0.29, 0.717) is 18.5 Å². The zero-order valence-corrected chi connectivity index (χ0v) is 16.7. The normalized spacial score (nSPS) is 17.6. The quantitative estimate of drug-likeness (QED) is 0.820. The smallest absolute Gasteiger partial charge is 0.251 e. The Kier molecular flexibility index (Phi) is 6.10. The Hall–Kier alpha value is -2.86. The summed E-state index contributed by atoms with van der Waals surface area (Å²) in [5.74, 6) is 0.0989. The molecule has 6 heteroatoms. The second-order valence-corrected chi connectivity index (χ2v) is 7.62. The highest BCUT2D eigenvalue weighted by Crippen LogP contribution is 2.21. The Morgan fingerprint density at radius 1 is 0.862 bits per heavy atom. The summed E-state index contributed by atoms with van der Waals surface area (Å²) in [4.78, 5) is 30.8. The van der Waals surface area contributed by atoms with E-state index in [1.54, 1.807) is 17.0 Å². The van der Waals surface area contributed by atoms with E-state index in [2.05, 4.69) is 39.4 Å². The monoisotopic (exact) mass is 392 g/mol. The minimum absolute atomic E-state index is 0.0628. The van der Waals surface area contributed by atoms with Gasteiger partial charge in [-0.25, -0.2) is 0 Å². The molecule has 2 aromatic carbocycles. The van der Waals surface area contributed by atoms with Crippen LogP contribution in [0, 0.1) is 0 Å². The van der Waals surface area contributed by atoms with Crippen LogP contribution < -0.4 is 15.1 Å². The van der Waals surface area contributed by atoms with Crippen molar-refractivity contribution in [2.75, 3.05) is 55.6 Å². The fourth-order valence-corrected chi connectivity index (χ4v) is 4.01. The molecule has 0 bridgehead atoms. The third-order valence-electron chi connectivity index (χ3n) is 5.72. The summed E-state index contributed by atoms with van der Waals surface area (Å²) in [7, 11) is 0. The van der Waals surface area contributed by atoms with Gasteiger partial charge in [0.25, 0.3) is 5.91 Å². The summed E-state index contributed by atoms with van der Waals surface area (Å²) >= 11 is 0. The van der Waals surface area contributed by atoms with E-state index < -0.39 is 0 Å². The van der Waals surface area contributed by atoms with Crippen LogP contribution in [0.5, 0.6) is 0 Å². The van der Waals surface area contributed by atoms with Crippen LogP contribution in [0.1, 0.15) is 23.2 Å². The number of anilines is 2. The van der Waals surface area contributed by atoms with Crippen molar-refractivity contribution >= 4 is 23.2 Å². The van der Waals surface area contributed by atoms with Gasteiger partial charge in [0.1, 0.15) is 0 Å². The molecular weight excluding hydrogens is 364 g/mol. The van der Waals surface area contributed by atoms with Gasteiger partial charge in [0.2, 0.25) is 5.91 Å². The number of amides is 2. The average molecular weight is 393 g/mol. The maximum absolute atomic E-state index is 12.4. The standard InChI is InChI=1S/C23H28N4O2/c28-22-7-4-13-27(22)21-10-8-19(9-11-21)23(29)24-12-14-25-15-17-26(18-16-25)20-5-2-1-3-6-20/h1-3,5-6,8-11H,4,7,12-18H2,(H,24,29). The fraction of sp³-hybridized carbons (Fsp3) is 0.391. The van der Waals surface area contributed by atoms with Gasteiger partial charge in [0, 0.05) is 69.2 Å². The van der Waals surface area contributed by atoms with E-state index in [0.717, 1.165) is 51.4 Å². The molecule has 152 valence electrons. The lowest BCUT2D eigenvalue weighted by atomic mass is 10.2. The zero-order valence-electron chi connectivity index (χ0n) is 16.7. The number of hydrogen-bond donors (Lipinski definition) is 1. The van der Waals surface area contributed by atoms with E-state index in [4.69, 9.17) is 0 Å². The molecule has 2 aliphatic heterocycles. The van der Waals surface area contributed by atoms with Gasteiger partial charge in [-0.3, -0.25) is 14.5 Å². The van der Waals surface area contributed by atoms with E-state index in [1.807, 2.05) is 18.2 Å². The van der Waals surface area contributed by atoms with E-state index in [-0.39, 0.29) is 11.8 Å². The van der Waals surface area contributed by atoms with Crippen molar-refractivity contribution in [1.82, 2.24) is 10.2 Å². The molecule has 0 saturated carbocycles. The molecule has 0 spiro atoms. The summed E-state index contributed by atoms with van der Waals surface area (Å²) in [5.41, 5.74) is 2.79. The van der Waals surface area contributed by atoms with Crippen LogP contribution in [0.15, 0.2) is 54.6 Å². The summed E-state index contributed by atoms with van der Waals surface area (Å²) in [6, 6.07) is 17.8. The first kappa shape index (κ1) is 19.5. The molecule has 1 N–H and O–H groups in total. The van der Waals surface area contributed by atoms with Crippen LogP contribution >= 0.6 is 0 Å². The van der Waals surface area contributed by atoms with E-state index in [1.165, 1.54) is 5.69 Å². The number of piperazine rings is 1. The van der Waals surface area contributed by atoms with Crippen molar-refractivity contribution < 1.29 is 9.59 Å². The second kappa shape index (κ2) is 9.09. The van der Waals surface area contributed by atoms with E-state index >= 15 is 0 Å². The second-order valence-electron chi connectivity index (χ2n) is 7.62. The molecule has 0 unspecified atom stereocenters. The molecule has 2 aliphatic rings. The molecule has 2 fully saturated rings. The number of carbonyl (C=O) groups excluding carboxylic acids is 2. The van der Waals surface area contributed by atoms with Crippen LogP contribution in [0.2, 0.25) is 0 Å². The van der Waals surface area contributed by atoms with Crippen LogP contribution in [0.25, 0.3) is 0 Å². The lowest BCUT2D eigenvalue weighted by molar-refractivity contribution is -0.117. The minimum Gasteiger partial charge on any atom is -0.369 e. The molecular formula is C23H28N4O2. The number of rotatable bonds is 6. The number of nitrogens with one attached hydrogen (secondary N) is 1. The predicted octanol–water partition coefficient (Wildman–Crippen LogP) is 2.37. The highest BCUT2D eigenvalue weighted by molar-refractivity contribution is 5.97.